The van der Waals surface area contributed by atoms with Gasteiger partial charge in [-0.15, -0.1) is 0 Å². The Kier molecular flexibility index (Phi) is 5.03. The number of pyridine rings is 1. The van der Waals surface area contributed by atoms with Crippen LogP contribution in [0.15, 0.2) is 35.1 Å². The zero-order valence-corrected chi connectivity index (χ0v) is 17.4. The first-order valence-electron chi connectivity index (χ1n) is 10.1. The van der Waals surface area contributed by atoms with E-state index in [1.165, 1.54) is 12.8 Å². The number of aromatic nitrogens is 5. The zero-order valence-electron chi connectivity index (χ0n) is 16.6. The molecular formula is C20H25N7OS. The average molecular weight is 412 g/mol. The van der Waals surface area contributed by atoms with Crippen molar-refractivity contribution in [3.63, 3.8) is 0 Å². The van der Waals surface area contributed by atoms with E-state index in [2.05, 4.69) is 24.5 Å². The molecule has 1 saturated carbocycles. The lowest BCUT2D eigenvalue weighted by Crippen LogP contribution is -2.46. The zero-order chi connectivity index (χ0) is 19.8. The van der Waals surface area contributed by atoms with Gasteiger partial charge in [-0.3, -0.25) is 19.4 Å². The van der Waals surface area contributed by atoms with Crippen molar-refractivity contribution in [1.29, 1.82) is 0 Å². The highest BCUT2D eigenvalue weighted by molar-refractivity contribution is 7.71. The second kappa shape index (κ2) is 7.81. The summed E-state index contributed by atoms with van der Waals surface area (Å²) >= 11 is 5.80. The van der Waals surface area contributed by atoms with Crippen molar-refractivity contribution in [2.45, 2.75) is 39.0 Å². The number of aryl methyl sites for hydroxylation is 1. The molecule has 3 aromatic heterocycles. The summed E-state index contributed by atoms with van der Waals surface area (Å²) in [6.45, 7) is 7.45. The molecule has 0 radical (unpaired) electrons. The van der Waals surface area contributed by atoms with Gasteiger partial charge in [0.2, 0.25) is 0 Å². The maximum atomic E-state index is 5.80. The normalized spacial score (nSPS) is 18.4. The largest absolute Gasteiger partial charge is 0.360 e. The Labute approximate surface area is 174 Å². The second-order valence-electron chi connectivity index (χ2n) is 7.91. The van der Waals surface area contributed by atoms with Gasteiger partial charge >= 0.3 is 0 Å². The van der Waals surface area contributed by atoms with E-state index in [-0.39, 0.29) is 0 Å². The minimum Gasteiger partial charge on any atom is -0.360 e. The van der Waals surface area contributed by atoms with Crippen LogP contribution in [0.25, 0.3) is 11.4 Å². The summed E-state index contributed by atoms with van der Waals surface area (Å²) in [6.07, 6.45) is 5.98. The van der Waals surface area contributed by atoms with Gasteiger partial charge in [-0.25, -0.2) is 4.68 Å². The standard InChI is InChI=1S/C20H25N7OS/c1-15-12-18(28-23-15)13-24-8-10-25(11-9-24)14-26-20(29)27(17-2-3-17)19(22-26)16-4-6-21-7-5-16/h4-7,12,17H,2-3,8-11,13-14H2,1H3. The van der Waals surface area contributed by atoms with Gasteiger partial charge in [0.1, 0.15) is 0 Å². The Balaban J connectivity index is 1.27. The molecule has 0 bridgehead atoms. The lowest BCUT2D eigenvalue weighted by Gasteiger charge is -2.33. The first-order valence-corrected chi connectivity index (χ1v) is 10.5. The summed E-state index contributed by atoms with van der Waals surface area (Å²) in [6, 6.07) is 6.51. The van der Waals surface area contributed by atoms with E-state index in [1.807, 2.05) is 42.2 Å². The molecule has 0 aromatic carbocycles. The monoisotopic (exact) mass is 411 g/mol. The molecule has 2 fully saturated rings. The lowest BCUT2D eigenvalue weighted by atomic mass is 10.2. The van der Waals surface area contributed by atoms with Crippen LogP contribution in [-0.2, 0) is 13.2 Å². The molecule has 3 aromatic rings. The molecule has 9 heteroatoms. The van der Waals surface area contributed by atoms with Crippen molar-refractivity contribution >= 4 is 12.2 Å². The van der Waals surface area contributed by atoms with E-state index in [9.17, 15) is 0 Å². The maximum Gasteiger partial charge on any atom is 0.199 e. The van der Waals surface area contributed by atoms with Gasteiger partial charge in [0, 0.05) is 56.2 Å². The van der Waals surface area contributed by atoms with Crippen molar-refractivity contribution in [2.75, 3.05) is 26.2 Å². The predicted molar refractivity (Wildman–Crippen MR) is 111 cm³/mol. The quantitative estimate of drug-likeness (QED) is 0.578. The van der Waals surface area contributed by atoms with Crippen molar-refractivity contribution < 1.29 is 4.52 Å². The van der Waals surface area contributed by atoms with Crippen LogP contribution in [0.3, 0.4) is 0 Å². The van der Waals surface area contributed by atoms with E-state index in [4.69, 9.17) is 21.8 Å². The molecule has 1 saturated heterocycles. The summed E-state index contributed by atoms with van der Waals surface area (Å²) < 4.78 is 10.4. The SMILES string of the molecule is Cc1cc(CN2CCN(Cn3nc(-c4ccncc4)n(C4CC4)c3=S)CC2)on1. The average Bonchev–Trinajstić information content (AvgIpc) is 3.41. The molecule has 1 aliphatic carbocycles. The van der Waals surface area contributed by atoms with Gasteiger partial charge in [-0.1, -0.05) is 5.16 Å². The van der Waals surface area contributed by atoms with Crippen LogP contribution in [-0.4, -0.2) is 60.5 Å². The molecule has 2 aliphatic rings. The molecule has 0 N–H and O–H groups in total. The highest BCUT2D eigenvalue weighted by Gasteiger charge is 2.29. The van der Waals surface area contributed by atoms with Gasteiger partial charge in [0.15, 0.2) is 16.4 Å². The van der Waals surface area contributed by atoms with E-state index in [1.54, 1.807) is 0 Å². The van der Waals surface area contributed by atoms with Crippen LogP contribution in [0.5, 0.6) is 0 Å². The number of nitrogens with zero attached hydrogens (tertiary/aromatic N) is 7. The fourth-order valence-corrected chi connectivity index (χ4v) is 4.20. The van der Waals surface area contributed by atoms with E-state index in [0.29, 0.717) is 6.04 Å². The highest BCUT2D eigenvalue weighted by atomic mass is 32.1. The van der Waals surface area contributed by atoms with Crippen molar-refractivity contribution in [3.8, 4) is 11.4 Å². The number of hydrogen-bond donors (Lipinski definition) is 0. The van der Waals surface area contributed by atoms with E-state index >= 15 is 0 Å². The Morgan fingerprint density at radius 2 is 1.83 bits per heavy atom. The molecule has 0 spiro atoms. The molecule has 1 aliphatic heterocycles. The molecule has 29 heavy (non-hydrogen) atoms. The van der Waals surface area contributed by atoms with Gasteiger partial charge in [0.25, 0.3) is 0 Å². The topological polar surface area (TPSA) is 68.2 Å². The van der Waals surface area contributed by atoms with Crippen molar-refractivity contribution in [3.05, 3.63) is 46.8 Å². The predicted octanol–water partition coefficient (Wildman–Crippen LogP) is 2.88. The number of piperazine rings is 1. The highest BCUT2D eigenvalue weighted by Crippen LogP contribution is 2.38. The molecule has 8 nitrogen and oxygen atoms in total. The Morgan fingerprint density at radius 3 is 2.48 bits per heavy atom. The molecular weight excluding hydrogens is 386 g/mol. The summed E-state index contributed by atoms with van der Waals surface area (Å²) in [5.41, 5.74) is 2.01. The smallest absolute Gasteiger partial charge is 0.199 e. The molecule has 4 heterocycles. The van der Waals surface area contributed by atoms with E-state index < -0.39 is 0 Å². The van der Waals surface area contributed by atoms with Crippen molar-refractivity contribution in [1.82, 2.24) is 34.3 Å². The summed E-state index contributed by atoms with van der Waals surface area (Å²) in [4.78, 5) is 8.95. The summed E-state index contributed by atoms with van der Waals surface area (Å²) in [5, 5.41) is 8.87. The molecule has 0 atom stereocenters. The second-order valence-corrected chi connectivity index (χ2v) is 8.28. The third-order valence-corrected chi connectivity index (χ3v) is 5.98. The van der Waals surface area contributed by atoms with Crippen LogP contribution in [0.1, 0.15) is 30.3 Å². The molecule has 0 amide bonds. The number of hydrogen-bond acceptors (Lipinski definition) is 7. The minimum atomic E-state index is 0.488. The summed E-state index contributed by atoms with van der Waals surface area (Å²) in [7, 11) is 0. The van der Waals surface area contributed by atoms with Crippen LogP contribution in [0.2, 0.25) is 0 Å². The Bertz CT molecular complexity index is 1030. The van der Waals surface area contributed by atoms with Crippen LogP contribution in [0.4, 0.5) is 0 Å². The maximum absolute atomic E-state index is 5.80. The minimum absolute atomic E-state index is 0.488. The van der Waals surface area contributed by atoms with Crippen LogP contribution < -0.4 is 0 Å². The van der Waals surface area contributed by atoms with Gasteiger partial charge in [-0.2, -0.15) is 5.10 Å². The lowest BCUT2D eigenvalue weighted by molar-refractivity contribution is 0.0920. The van der Waals surface area contributed by atoms with E-state index in [0.717, 1.165) is 67.0 Å². The first-order chi connectivity index (χ1) is 14.2. The summed E-state index contributed by atoms with van der Waals surface area (Å²) in [5.74, 6) is 1.89. The van der Waals surface area contributed by atoms with Crippen LogP contribution in [0, 0.1) is 11.7 Å². The Morgan fingerprint density at radius 1 is 1.10 bits per heavy atom. The third kappa shape index (κ3) is 4.03. The molecule has 5 rings (SSSR count). The number of rotatable bonds is 6. The van der Waals surface area contributed by atoms with Gasteiger partial charge < -0.3 is 4.52 Å². The molecule has 152 valence electrons. The van der Waals surface area contributed by atoms with Gasteiger partial charge in [-0.05, 0) is 44.1 Å². The molecule has 0 unspecified atom stereocenters. The van der Waals surface area contributed by atoms with Crippen molar-refractivity contribution in [2.24, 2.45) is 0 Å². The first kappa shape index (κ1) is 18.7. The fourth-order valence-electron chi connectivity index (χ4n) is 3.86. The third-order valence-electron chi connectivity index (χ3n) is 5.58. The fraction of sp³-hybridized carbons (Fsp3) is 0.500. The van der Waals surface area contributed by atoms with Crippen LogP contribution >= 0.6 is 12.2 Å². The van der Waals surface area contributed by atoms with Gasteiger partial charge in [0.05, 0.1) is 18.9 Å². The Hall–Kier alpha value is -2.36.